The molecule has 0 aromatic carbocycles. The SMILES string of the molecule is Cl.N=C(N)c1ncc(I)cc1Cl. The third kappa shape index (κ3) is 2.76. The quantitative estimate of drug-likeness (QED) is 0.473. The smallest absolute Gasteiger partial charge is 0.143 e. The zero-order valence-electron chi connectivity index (χ0n) is 5.84. The van der Waals surface area contributed by atoms with E-state index in [-0.39, 0.29) is 18.2 Å². The number of hydrogen-bond acceptors (Lipinski definition) is 2. The Labute approximate surface area is 94.8 Å². The van der Waals surface area contributed by atoms with Gasteiger partial charge in [-0.15, -0.1) is 12.4 Å². The van der Waals surface area contributed by atoms with Crippen LogP contribution in [0.3, 0.4) is 0 Å². The standard InChI is InChI=1S/C6H5ClIN3.ClH/c7-4-1-3(8)2-11-5(4)6(9)10;/h1-2H,(H3,9,10);1H. The van der Waals surface area contributed by atoms with Crippen molar-refractivity contribution in [3.05, 3.63) is 26.5 Å². The van der Waals surface area contributed by atoms with Crippen LogP contribution in [-0.2, 0) is 0 Å². The molecule has 0 fully saturated rings. The van der Waals surface area contributed by atoms with Gasteiger partial charge in [0.25, 0.3) is 0 Å². The van der Waals surface area contributed by atoms with Crippen LogP contribution in [0.5, 0.6) is 0 Å². The Morgan fingerprint density at radius 1 is 1.67 bits per heavy atom. The van der Waals surface area contributed by atoms with E-state index in [1.807, 2.05) is 0 Å². The molecule has 3 N–H and O–H groups in total. The number of rotatable bonds is 1. The third-order valence-electron chi connectivity index (χ3n) is 1.06. The lowest BCUT2D eigenvalue weighted by Crippen LogP contribution is -2.13. The van der Waals surface area contributed by atoms with Crippen molar-refractivity contribution in [2.75, 3.05) is 0 Å². The molecule has 0 unspecified atom stereocenters. The Balaban J connectivity index is 0.00000121. The van der Waals surface area contributed by atoms with Crippen LogP contribution < -0.4 is 5.73 Å². The van der Waals surface area contributed by atoms with Crippen molar-refractivity contribution in [3.8, 4) is 0 Å². The molecule has 1 aromatic rings. The van der Waals surface area contributed by atoms with Crippen LogP contribution in [-0.4, -0.2) is 10.8 Å². The fraction of sp³-hybridized carbons (Fsp3) is 0. The molecule has 0 saturated carbocycles. The van der Waals surface area contributed by atoms with Crippen LogP contribution >= 0.6 is 46.6 Å². The van der Waals surface area contributed by atoms with Crippen molar-refractivity contribution in [1.29, 1.82) is 5.41 Å². The van der Waals surface area contributed by atoms with Crippen molar-refractivity contribution < 1.29 is 0 Å². The Bertz CT molecular complexity index is 303. The first-order valence-corrected chi connectivity index (χ1v) is 4.22. The molecule has 1 heterocycles. The molecule has 0 aliphatic rings. The molecule has 0 spiro atoms. The average molecular weight is 318 g/mol. The van der Waals surface area contributed by atoms with Crippen LogP contribution in [0.15, 0.2) is 12.3 Å². The fourth-order valence-corrected chi connectivity index (χ4v) is 1.52. The van der Waals surface area contributed by atoms with E-state index in [2.05, 4.69) is 27.6 Å². The van der Waals surface area contributed by atoms with Crippen molar-refractivity contribution >= 4 is 52.4 Å². The minimum Gasteiger partial charge on any atom is -0.382 e. The van der Waals surface area contributed by atoms with Crippen molar-refractivity contribution in [2.45, 2.75) is 0 Å². The molecule has 1 rings (SSSR count). The van der Waals surface area contributed by atoms with E-state index >= 15 is 0 Å². The monoisotopic (exact) mass is 317 g/mol. The Kier molecular flexibility index (Phi) is 4.81. The van der Waals surface area contributed by atoms with E-state index in [1.165, 1.54) is 0 Å². The second-order valence-electron chi connectivity index (χ2n) is 1.90. The average Bonchev–Trinajstić information content (AvgIpc) is 1.85. The van der Waals surface area contributed by atoms with E-state index in [4.69, 9.17) is 22.7 Å². The number of amidine groups is 1. The molecule has 6 heteroatoms. The molecular formula is C6H6Cl2IN3. The highest BCUT2D eigenvalue weighted by molar-refractivity contribution is 14.1. The summed E-state index contributed by atoms with van der Waals surface area (Å²) in [5, 5.41) is 7.50. The van der Waals surface area contributed by atoms with Gasteiger partial charge in [0.15, 0.2) is 0 Å². The topological polar surface area (TPSA) is 62.8 Å². The largest absolute Gasteiger partial charge is 0.382 e. The summed E-state index contributed by atoms with van der Waals surface area (Å²) >= 11 is 7.82. The lowest BCUT2D eigenvalue weighted by molar-refractivity contribution is 1.24. The van der Waals surface area contributed by atoms with E-state index in [0.29, 0.717) is 10.7 Å². The highest BCUT2D eigenvalue weighted by atomic mass is 127. The van der Waals surface area contributed by atoms with Crippen LogP contribution in [0.1, 0.15) is 5.69 Å². The van der Waals surface area contributed by atoms with Crippen LogP contribution in [0.25, 0.3) is 0 Å². The molecule has 66 valence electrons. The Morgan fingerprint density at radius 2 is 2.25 bits per heavy atom. The van der Waals surface area contributed by atoms with Gasteiger partial charge in [-0.1, -0.05) is 11.6 Å². The molecule has 1 aromatic heterocycles. The summed E-state index contributed by atoms with van der Waals surface area (Å²) in [5.74, 6) is -0.105. The first-order chi connectivity index (χ1) is 5.11. The minimum atomic E-state index is -0.105. The molecule has 0 aliphatic heterocycles. The maximum absolute atomic E-state index is 7.08. The van der Waals surface area contributed by atoms with E-state index in [9.17, 15) is 0 Å². The molecule has 3 nitrogen and oxygen atoms in total. The predicted octanol–water partition coefficient (Wildman–Crippen LogP) is 2.05. The van der Waals surface area contributed by atoms with Gasteiger partial charge in [0, 0.05) is 9.77 Å². The maximum Gasteiger partial charge on any atom is 0.143 e. The summed E-state index contributed by atoms with van der Waals surface area (Å²) < 4.78 is 0.928. The van der Waals surface area contributed by atoms with E-state index in [0.717, 1.165) is 3.57 Å². The molecule has 0 amide bonds. The normalized spacial score (nSPS) is 8.83. The van der Waals surface area contributed by atoms with Gasteiger partial charge in [-0.2, -0.15) is 0 Å². The fourth-order valence-electron chi connectivity index (χ4n) is 0.613. The number of pyridine rings is 1. The van der Waals surface area contributed by atoms with Crippen molar-refractivity contribution in [1.82, 2.24) is 4.98 Å². The molecule has 0 aliphatic carbocycles. The highest BCUT2D eigenvalue weighted by Gasteiger charge is 2.04. The number of nitrogens with one attached hydrogen (secondary N) is 1. The van der Waals surface area contributed by atoms with Gasteiger partial charge in [0.1, 0.15) is 11.5 Å². The second kappa shape index (κ2) is 4.84. The summed E-state index contributed by atoms with van der Waals surface area (Å²) in [6.07, 6.45) is 1.61. The predicted molar refractivity (Wildman–Crippen MR) is 60.2 cm³/mol. The summed E-state index contributed by atoms with van der Waals surface area (Å²) in [5.41, 5.74) is 5.54. The lowest BCUT2D eigenvalue weighted by atomic mass is 10.3. The minimum absolute atomic E-state index is 0. The zero-order valence-corrected chi connectivity index (χ0v) is 9.57. The van der Waals surface area contributed by atoms with Gasteiger partial charge < -0.3 is 5.73 Å². The van der Waals surface area contributed by atoms with Crippen LogP contribution in [0.2, 0.25) is 5.02 Å². The molecule has 0 saturated heterocycles. The highest BCUT2D eigenvalue weighted by Crippen LogP contribution is 2.15. The zero-order chi connectivity index (χ0) is 8.43. The van der Waals surface area contributed by atoms with Gasteiger partial charge in [-0.05, 0) is 28.7 Å². The molecule has 0 atom stereocenters. The first kappa shape index (κ1) is 11.9. The summed E-state index contributed by atoms with van der Waals surface area (Å²) in [6.45, 7) is 0. The number of nitrogens with zero attached hydrogens (tertiary/aromatic N) is 1. The molecule has 0 bridgehead atoms. The Morgan fingerprint density at radius 3 is 2.67 bits per heavy atom. The molecule has 0 radical (unpaired) electrons. The van der Waals surface area contributed by atoms with Gasteiger partial charge in [0.2, 0.25) is 0 Å². The Hall–Kier alpha value is -0.0700. The number of aromatic nitrogens is 1. The third-order valence-corrected chi connectivity index (χ3v) is 1.94. The molecule has 12 heavy (non-hydrogen) atoms. The van der Waals surface area contributed by atoms with Crippen molar-refractivity contribution in [3.63, 3.8) is 0 Å². The second-order valence-corrected chi connectivity index (χ2v) is 3.55. The van der Waals surface area contributed by atoms with E-state index < -0.39 is 0 Å². The van der Waals surface area contributed by atoms with Crippen LogP contribution in [0, 0.1) is 8.98 Å². The van der Waals surface area contributed by atoms with Gasteiger partial charge in [0.05, 0.1) is 5.02 Å². The maximum atomic E-state index is 7.08. The van der Waals surface area contributed by atoms with E-state index in [1.54, 1.807) is 12.3 Å². The summed E-state index contributed by atoms with van der Waals surface area (Å²) in [7, 11) is 0. The number of nitrogen functional groups attached to an aromatic ring is 1. The summed E-state index contributed by atoms with van der Waals surface area (Å²) in [4.78, 5) is 3.89. The lowest BCUT2D eigenvalue weighted by Gasteiger charge is -1.99. The van der Waals surface area contributed by atoms with Crippen LogP contribution in [0.4, 0.5) is 0 Å². The molecular weight excluding hydrogens is 312 g/mol. The van der Waals surface area contributed by atoms with Gasteiger partial charge in [-0.25, -0.2) is 0 Å². The summed E-state index contributed by atoms with van der Waals surface area (Å²) in [6, 6.07) is 1.71. The van der Waals surface area contributed by atoms with Gasteiger partial charge >= 0.3 is 0 Å². The first-order valence-electron chi connectivity index (χ1n) is 2.76. The number of hydrogen-bond donors (Lipinski definition) is 2. The number of nitrogens with two attached hydrogens (primary N) is 1. The van der Waals surface area contributed by atoms with Crippen molar-refractivity contribution in [2.24, 2.45) is 5.73 Å². The number of halogens is 3. The van der Waals surface area contributed by atoms with Gasteiger partial charge in [-0.3, -0.25) is 10.4 Å².